The van der Waals surface area contributed by atoms with Gasteiger partial charge in [-0.1, -0.05) is 43.2 Å². The van der Waals surface area contributed by atoms with Crippen LogP contribution < -0.4 is 5.32 Å². The van der Waals surface area contributed by atoms with E-state index in [0.29, 0.717) is 12.1 Å². The first-order valence-corrected chi connectivity index (χ1v) is 11.5. The Morgan fingerprint density at radius 3 is 2.27 bits per heavy atom. The Kier molecular flexibility index (Phi) is 7.49. The molecular formula is C25H34N4O. The first-order valence-electron chi connectivity index (χ1n) is 11.5. The molecule has 2 aliphatic heterocycles. The third-order valence-corrected chi connectivity index (χ3v) is 6.58. The van der Waals surface area contributed by atoms with Crippen LogP contribution in [0.15, 0.2) is 54.9 Å². The van der Waals surface area contributed by atoms with E-state index in [0.717, 1.165) is 38.0 Å². The van der Waals surface area contributed by atoms with E-state index in [2.05, 4.69) is 45.5 Å². The zero-order valence-corrected chi connectivity index (χ0v) is 17.9. The van der Waals surface area contributed by atoms with Gasteiger partial charge in [-0.3, -0.25) is 14.7 Å². The zero-order chi connectivity index (χ0) is 20.6. The van der Waals surface area contributed by atoms with Crippen LogP contribution in [0, 0.1) is 0 Å². The van der Waals surface area contributed by atoms with E-state index in [1.807, 2.05) is 4.90 Å². The quantitative estimate of drug-likeness (QED) is 0.791. The number of amides is 1. The summed E-state index contributed by atoms with van der Waals surface area (Å²) in [6, 6.07) is 15.5. The average molecular weight is 407 g/mol. The summed E-state index contributed by atoms with van der Waals surface area (Å²) in [4.78, 5) is 21.3. The minimum Gasteiger partial charge on any atom is -0.339 e. The van der Waals surface area contributed by atoms with E-state index in [-0.39, 0.29) is 5.91 Å². The number of hydrogen-bond acceptors (Lipinski definition) is 4. The fraction of sp³-hybridized carbons (Fsp3) is 0.520. The first-order chi connectivity index (χ1) is 14.8. The molecule has 2 aromatic rings. The molecule has 2 saturated heterocycles. The molecule has 5 nitrogen and oxygen atoms in total. The van der Waals surface area contributed by atoms with Crippen LogP contribution in [0.5, 0.6) is 0 Å². The molecule has 30 heavy (non-hydrogen) atoms. The van der Waals surface area contributed by atoms with Crippen molar-refractivity contribution in [2.24, 2.45) is 0 Å². The second kappa shape index (κ2) is 10.7. The SMILES string of the molecule is O=C(c1ccncc1)N1CCC(NCC(c2ccccc2)N2CCCCCC2)CC1. The third kappa shape index (κ3) is 5.46. The van der Waals surface area contributed by atoms with E-state index in [4.69, 9.17) is 0 Å². The van der Waals surface area contributed by atoms with E-state index in [1.54, 1.807) is 24.5 Å². The summed E-state index contributed by atoms with van der Waals surface area (Å²) in [5, 5.41) is 3.85. The lowest BCUT2D eigenvalue weighted by Gasteiger charge is -2.36. The van der Waals surface area contributed by atoms with Crippen LogP contribution in [-0.2, 0) is 0 Å². The van der Waals surface area contributed by atoms with E-state index >= 15 is 0 Å². The van der Waals surface area contributed by atoms with Gasteiger partial charge in [0.15, 0.2) is 0 Å². The lowest BCUT2D eigenvalue weighted by atomic mass is 10.0. The van der Waals surface area contributed by atoms with Gasteiger partial charge < -0.3 is 10.2 Å². The highest BCUT2D eigenvalue weighted by atomic mass is 16.2. The standard InChI is InChI=1S/C25H34N4O/c30-25(22-10-14-26-15-11-22)29-18-12-23(13-19-29)27-20-24(21-8-4-3-5-9-21)28-16-6-1-2-7-17-28/h3-5,8-11,14-15,23-24,27H,1-2,6-7,12-13,16-20H2. The van der Waals surface area contributed by atoms with Crippen LogP contribution in [0.2, 0.25) is 0 Å². The second-order valence-electron chi connectivity index (χ2n) is 8.59. The van der Waals surface area contributed by atoms with Gasteiger partial charge in [-0.15, -0.1) is 0 Å². The highest BCUT2D eigenvalue weighted by molar-refractivity contribution is 5.94. The molecule has 0 spiro atoms. The highest BCUT2D eigenvalue weighted by Gasteiger charge is 2.26. The number of likely N-dealkylation sites (tertiary alicyclic amines) is 2. The maximum atomic E-state index is 12.7. The molecule has 0 aliphatic carbocycles. The van der Waals surface area contributed by atoms with Gasteiger partial charge in [0.1, 0.15) is 0 Å². The van der Waals surface area contributed by atoms with Gasteiger partial charge in [0, 0.05) is 49.7 Å². The molecule has 1 aromatic heterocycles. The van der Waals surface area contributed by atoms with Crippen molar-refractivity contribution < 1.29 is 4.79 Å². The number of pyridine rings is 1. The van der Waals surface area contributed by atoms with Gasteiger partial charge in [0.2, 0.25) is 0 Å². The fourth-order valence-electron chi connectivity index (χ4n) is 4.78. The number of carbonyl (C=O) groups excluding carboxylic acids is 1. The predicted molar refractivity (Wildman–Crippen MR) is 120 cm³/mol. The maximum Gasteiger partial charge on any atom is 0.253 e. The summed E-state index contributed by atoms with van der Waals surface area (Å²) in [6.07, 6.45) is 10.7. The van der Waals surface area contributed by atoms with Crippen molar-refractivity contribution in [2.45, 2.75) is 50.6 Å². The monoisotopic (exact) mass is 406 g/mol. The van der Waals surface area contributed by atoms with Crippen LogP contribution in [0.25, 0.3) is 0 Å². The smallest absolute Gasteiger partial charge is 0.253 e. The summed E-state index contributed by atoms with van der Waals surface area (Å²) in [7, 11) is 0. The van der Waals surface area contributed by atoms with Crippen LogP contribution in [0.4, 0.5) is 0 Å². The summed E-state index contributed by atoms with van der Waals surface area (Å²) in [6.45, 7) is 5.00. The van der Waals surface area contributed by atoms with Crippen molar-refractivity contribution in [3.8, 4) is 0 Å². The van der Waals surface area contributed by atoms with Crippen molar-refractivity contribution in [1.82, 2.24) is 20.1 Å². The number of rotatable bonds is 6. The molecule has 1 atom stereocenters. The molecule has 0 radical (unpaired) electrons. The van der Waals surface area contributed by atoms with Crippen molar-refractivity contribution in [3.63, 3.8) is 0 Å². The van der Waals surface area contributed by atoms with Crippen molar-refractivity contribution in [2.75, 3.05) is 32.7 Å². The number of hydrogen-bond donors (Lipinski definition) is 1. The molecule has 1 unspecified atom stereocenters. The Morgan fingerprint density at radius 1 is 0.933 bits per heavy atom. The lowest BCUT2D eigenvalue weighted by Crippen LogP contribution is -2.47. The first kappa shape index (κ1) is 21.0. The zero-order valence-electron chi connectivity index (χ0n) is 17.9. The van der Waals surface area contributed by atoms with E-state index < -0.39 is 0 Å². The van der Waals surface area contributed by atoms with Crippen LogP contribution in [0.3, 0.4) is 0 Å². The van der Waals surface area contributed by atoms with Gasteiger partial charge in [-0.25, -0.2) is 0 Å². The third-order valence-electron chi connectivity index (χ3n) is 6.58. The summed E-state index contributed by atoms with van der Waals surface area (Å²) in [5.41, 5.74) is 2.15. The molecule has 1 N–H and O–H groups in total. The summed E-state index contributed by atoms with van der Waals surface area (Å²) in [5.74, 6) is 0.127. The van der Waals surface area contributed by atoms with Gasteiger partial charge >= 0.3 is 0 Å². The number of nitrogens with zero attached hydrogens (tertiary/aromatic N) is 3. The molecule has 0 bridgehead atoms. The van der Waals surface area contributed by atoms with Crippen molar-refractivity contribution in [1.29, 1.82) is 0 Å². The topological polar surface area (TPSA) is 48.5 Å². The molecule has 1 amide bonds. The second-order valence-corrected chi connectivity index (χ2v) is 8.59. The average Bonchev–Trinajstić information content (AvgIpc) is 3.10. The van der Waals surface area contributed by atoms with Crippen LogP contribution >= 0.6 is 0 Å². The van der Waals surface area contributed by atoms with E-state index in [1.165, 1.54) is 44.3 Å². The number of carbonyl (C=O) groups is 1. The number of benzene rings is 1. The van der Waals surface area contributed by atoms with Gasteiger partial charge in [0.05, 0.1) is 0 Å². The normalized spacial score (nSPS) is 19.9. The molecule has 0 saturated carbocycles. The maximum absolute atomic E-state index is 12.7. The molecule has 2 fully saturated rings. The van der Waals surface area contributed by atoms with Crippen molar-refractivity contribution >= 4 is 5.91 Å². The Balaban J connectivity index is 1.32. The molecule has 4 rings (SSSR count). The predicted octanol–water partition coefficient (Wildman–Crippen LogP) is 3.89. The van der Waals surface area contributed by atoms with E-state index in [9.17, 15) is 4.79 Å². The molecule has 1 aromatic carbocycles. The fourth-order valence-corrected chi connectivity index (χ4v) is 4.78. The Bertz CT molecular complexity index is 766. The molecule has 3 heterocycles. The summed E-state index contributed by atoms with van der Waals surface area (Å²) < 4.78 is 0. The summed E-state index contributed by atoms with van der Waals surface area (Å²) >= 11 is 0. The largest absolute Gasteiger partial charge is 0.339 e. The molecule has 160 valence electrons. The van der Waals surface area contributed by atoms with Crippen LogP contribution in [0.1, 0.15) is 60.5 Å². The number of piperidine rings is 1. The highest BCUT2D eigenvalue weighted by Crippen LogP contribution is 2.24. The Hall–Kier alpha value is -2.24. The lowest BCUT2D eigenvalue weighted by molar-refractivity contribution is 0.0701. The molecule has 2 aliphatic rings. The Morgan fingerprint density at radius 2 is 1.60 bits per heavy atom. The number of nitrogens with one attached hydrogen (secondary N) is 1. The van der Waals surface area contributed by atoms with Gasteiger partial charge in [-0.05, 0) is 56.5 Å². The molecular weight excluding hydrogens is 372 g/mol. The minimum absolute atomic E-state index is 0.127. The van der Waals surface area contributed by atoms with Gasteiger partial charge in [0.25, 0.3) is 5.91 Å². The Labute approximate surface area is 180 Å². The minimum atomic E-state index is 0.127. The van der Waals surface area contributed by atoms with Crippen molar-refractivity contribution in [3.05, 3.63) is 66.0 Å². The number of aromatic nitrogens is 1. The van der Waals surface area contributed by atoms with Crippen LogP contribution in [-0.4, -0.2) is 59.5 Å². The molecule has 5 heteroatoms. The van der Waals surface area contributed by atoms with Gasteiger partial charge in [-0.2, -0.15) is 0 Å².